The zero-order valence-corrected chi connectivity index (χ0v) is 6.81. The maximum Gasteiger partial charge on any atom is 0.240 e. The van der Waals surface area contributed by atoms with Crippen molar-refractivity contribution in [2.24, 2.45) is 0 Å². The van der Waals surface area contributed by atoms with Crippen LogP contribution in [0.1, 0.15) is 5.76 Å². The van der Waals surface area contributed by atoms with Crippen LogP contribution in [0.3, 0.4) is 0 Å². The standard InChI is InChI=1S/C6H5BrO3/c1-3-5(7)6(9)4(8)2-10-3/h2,8H,1H3. The van der Waals surface area contributed by atoms with Crippen molar-refractivity contribution in [1.29, 1.82) is 0 Å². The molecule has 0 saturated heterocycles. The molecule has 10 heavy (non-hydrogen) atoms. The monoisotopic (exact) mass is 204 g/mol. The van der Waals surface area contributed by atoms with E-state index in [1.54, 1.807) is 6.92 Å². The second-order valence-corrected chi connectivity index (χ2v) is 2.61. The predicted octanol–water partition coefficient (Wildman–Crippen LogP) is 1.42. The number of hydrogen-bond acceptors (Lipinski definition) is 3. The highest BCUT2D eigenvalue weighted by molar-refractivity contribution is 9.10. The zero-order valence-electron chi connectivity index (χ0n) is 5.22. The van der Waals surface area contributed by atoms with Crippen molar-refractivity contribution in [3.8, 4) is 5.75 Å². The van der Waals surface area contributed by atoms with E-state index in [1.165, 1.54) is 0 Å². The summed E-state index contributed by atoms with van der Waals surface area (Å²) in [5, 5.41) is 8.79. The second-order valence-electron chi connectivity index (χ2n) is 1.82. The molecule has 0 aliphatic carbocycles. The number of hydrogen-bond donors (Lipinski definition) is 1. The van der Waals surface area contributed by atoms with Crippen molar-refractivity contribution < 1.29 is 9.52 Å². The van der Waals surface area contributed by atoms with Crippen molar-refractivity contribution in [2.75, 3.05) is 0 Å². The predicted molar refractivity (Wildman–Crippen MR) is 39.1 cm³/mol. The van der Waals surface area contributed by atoms with Gasteiger partial charge in [0.1, 0.15) is 16.5 Å². The van der Waals surface area contributed by atoms with Crippen molar-refractivity contribution in [2.45, 2.75) is 6.92 Å². The van der Waals surface area contributed by atoms with Gasteiger partial charge in [-0.2, -0.15) is 0 Å². The van der Waals surface area contributed by atoms with Crippen LogP contribution in [0.4, 0.5) is 0 Å². The number of rotatable bonds is 0. The van der Waals surface area contributed by atoms with Crippen molar-refractivity contribution in [3.63, 3.8) is 0 Å². The topological polar surface area (TPSA) is 50.4 Å². The van der Waals surface area contributed by atoms with E-state index in [4.69, 9.17) is 9.52 Å². The molecule has 3 nitrogen and oxygen atoms in total. The first-order chi connectivity index (χ1) is 4.63. The van der Waals surface area contributed by atoms with Crippen LogP contribution in [0, 0.1) is 6.92 Å². The Hall–Kier alpha value is -0.770. The van der Waals surface area contributed by atoms with Gasteiger partial charge in [0.2, 0.25) is 5.43 Å². The van der Waals surface area contributed by atoms with Gasteiger partial charge in [0.25, 0.3) is 0 Å². The highest BCUT2D eigenvalue weighted by Crippen LogP contribution is 2.13. The van der Waals surface area contributed by atoms with Crippen LogP contribution in [0.2, 0.25) is 0 Å². The molecule has 0 fully saturated rings. The van der Waals surface area contributed by atoms with Crippen LogP contribution in [-0.4, -0.2) is 5.11 Å². The summed E-state index contributed by atoms with van der Waals surface area (Å²) in [7, 11) is 0. The van der Waals surface area contributed by atoms with Crippen LogP contribution in [0.25, 0.3) is 0 Å². The average molecular weight is 205 g/mol. The molecule has 0 aliphatic rings. The fourth-order valence-electron chi connectivity index (χ4n) is 0.522. The summed E-state index contributed by atoms with van der Waals surface area (Å²) in [5.41, 5.74) is -0.441. The van der Waals surface area contributed by atoms with E-state index in [1.807, 2.05) is 0 Å². The highest BCUT2D eigenvalue weighted by atomic mass is 79.9. The molecule has 0 unspecified atom stereocenters. The molecule has 1 aromatic heterocycles. The molecule has 0 bridgehead atoms. The molecule has 1 aromatic rings. The Morgan fingerprint density at radius 1 is 1.70 bits per heavy atom. The van der Waals surface area contributed by atoms with E-state index in [2.05, 4.69) is 15.9 Å². The van der Waals surface area contributed by atoms with E-state index in [-0.39, 0.29) is 10.2 Å². The Balaban J connectivity index is 3.50. The molecule has 0 aliphatic heterocycles. The minimum atomic E-state index is -0.441. The molecule has 0 spiro atoms. The molecule has 0 radical (unpaired) electrons. The van der Waals surface area contributed by atoms with Crippen LogP contribution < -0.4 is 5.43 Å². The smallest absolute Gasteiger partial charge is 0.240 e. The number of aryl methyl sites for hydroxylation is 1. The summed E-state index contributed by atoms with van der Waals surface area (Å²) in [5.74, 6) is 0.0836. The zero-order chi connectivity index (χ0) is 7.72. The Bertz CT molecular complexity index is 302. The molecule has 1 rings (SSSR count). The summed E-state index contributed by atoms with van der Waals surface area (Å²) in [4.78, 5) is 10.8. The highest BCUT2D eigenvalue weighted by Gasteiger charge is 2.05. The van der Waals surface area contributed by atoms with Gasteiger partial charge in [-0.05, 0) is 22.9 Å². The molecule has 0 atom stereocenters. The molecule has 1 N–H and O–H groups in total. The Morgan fingerprint density at radius 2 is 2.30 bits per heavy atom. The molecule has 4 heteroatoms. The van der Waals surface area contributed by atoms with E-state index >= 15 is 0 Å². The van der Waals surface area contributed by atoms with Gasteiger partial charge < -0.3 is 9.52 Å². The van der Waals surface area contributed by atoms with Crippen LogP contribution in [-0.2, 0) is 0 Å². The van der Waals surface area contributed by atoms with Gasteiger partial charge in [-0.3, -0.25) is 4.79 Å². The first kappa shape index (κ1) is 7.34. The largest absolute Gasteiger partial charge is 0.502 e. The van der Waals surface area contributed by atoms with Gasteiger partial charge in [0.05, 0.1) is 0 Å². The van der Waals surface area contributed by atoms with Crippen molar-refractivity contribution in [1.82, 2.24) is 0 Å². The number of aromatic hydroxyl groups is 1. The first-order valence-electron chi connectivity index (χ1n) is 2.60. The maximum atomic E-state index is 10.8. The van der Waals surface area contributed by atoms with Gasteiger partial charge in [-0.15, -0.1) is 0 Å². The fourth-order valence-corrected chi connectivity index (χ4v) is 0.818. The minimum absolute atomic E-state index is 0.271. The number of halogens is 1. The van der Waals surface area contributed by atoms with Gasteiger partial charge in [0, 0.05) is 0 Å². The van der Waals surface area contributed by atoms with Gasteiger partial charge >= 0.3 is 0 Å². The second kappa shape index (κ2) is 2.46. The minimum Gasteiger partial charge on any atom is -0.502 e. The Kier molecular flexibility index (Phi) is 1.80. The lowest BCUT2D eigenvalue weighted by atomic mass is 10.4. The fraction of sp³-hybridized carbons (Fsp3) is 0.167. The summed E-state index contributed by atoms with van der Waals surface area (Å²) < 4.78 is 5.04. The molecular weight excluding hydrogens is 200 g/mol. The van der Waals surface area contributed by atoms with Crippen molar-refractivity contribution >= 4 is 15.9 Å². The Morgan fingerprint density at radius 3 is 2.80 bits per heavy atom. The quantitative estimate of drug-likeness (QED) is 0.696. The third-order valence-electron chi connectivity index (χ3n) is 1.09. The van der Waals surface area contributed by atoms with E-state index in [0.29, 0.717) is 5.76 Å². The summed E-state index contributed by atoms with van der Waals surface area (Å²) in [6.07, 6.45) is 1.02. The van der Waals surface area contributed by atoms with Gasteiger partial charge in [-0.1, -0.05) is 0 Å². The lowest BCUT2D eigenvalue weighted by Crippen LogP contribution is -2.01. The summed E-state index contributed by atoms with van der Waals surface area (Å²) in [6, 6.07) is 0. The van der Waals surface area contributed by atoms with Crippen molar-refractivity contribution in [3.05, 3.63) is 26.7 Å². The van der Waals surface area contributed by atoms with E-state index in [9.17, 15) is 4.79 Å². The molecule has 0 aromatic carbocycles. The summed E-state index contributed by atoms with van der Waals surface area (Å²) in [6.45, 7) is 1.63. The summed E-state index contributed by atoms with van der Waals surface area (Å²) >= 11 is 2.96. The first-order valence-corrected chi connectivity index (χ1v) is 3.39. The molecular formula is C6H5BrO3. The van der Waals surface area contributed by atoms with Crippen LogP contribution in [0.5, 0.6) is 5.75 Å². The molecule has 0 amide bonds. The maximum absolute atomic E-state index is 10.8. The van der Waals surface area contributed by atoms with Gasteiger partial charge in [0.15, 0.2) is 5.75 Å². The van der Waals surface area contributed by atoms with Crippen LogP contribution >= 0.6 is 15.9 Å². The van der Waals surface area contributed by atoms with Gasteiger partial charge in [-0.25, -0.2) is 0 Å². The lowest BCUT2D eigenvalue weighted by Gasteiger charge is -1.94. The molecule has 1 heterocycles. The van der Waals surface area contributed by atoms with E-state index in [0.717, 1.165) is 6.26 Å². The lowest BCUT2D eigenvalue weighted by molar-refractivity contribution is 0.418. The molecule has 54 valence electrons. The van der Waals surface area contributed by atoms with Crippen LogP contribution in [0.15, 0.2) is 19.9 Å². The normalized spacial score (nSPS) is 9.80. The Labute approximate surface area is 65.4 Å². The molecule has 0 saturated carbocycles. The third-order valence-corrected chi connectivity index (χ3v) is 2.01. The third kappa shape index (κ3) is 1.07. The van der Waals surface area contributed by atoms with E-state index < -0.39 is 5.43 Å². The average Bonchev–Trinajstić information content (AvgIpc) is 1.93. The SMILES string of the molecule is Cc1occ(O)c(=O)c1Br.